The second-order valence-corrected chi connectivity index (χ2v) is 5.51. The van der Waals surface area contributed by atoms with Crippen molar-refractivity contribution in [2.75, 3.05) is 11.5 Å². The van der Waals surface area contributed by atoms with E-state index in [0.717, 1.165) is 12.2 Å². The summed E-state index contributed by atoms with van der Waals surface area (Å²) in [7, 11) is 3.88. The van der Waals surface area contributed by atoms with E-state index in [4.69, 9.17) is 0 Å². The fraction of sp³-hybridized carbons (Fsp3) is 0.600. The lowest BCUT2D eigenvalue weighted by Gasteiger charge is -2.00. The van der Waals surface area contributed by atoms with Crippen LogP contribution in [0.25, 0.3) is 0 Å². The largest absolute Gasteiger partial charge is 0.100 e. The highest BCUT2D eigenvalue weighted by atomic mass is 33.1. The minimum atomic E-state index is 1.15. The lowest BCUT2D eigenvalue weighted by atomic mass is 10.3. The van der Waals surface area contributed by atoms with E-state index < -0.39 is 0 Å². The Morgan fingerprint density at radius 3 is 2.50 bits per heavy atom. The summed E-state index contributed by atoms with van der Waals surface area (Å²) in [6.45, 7) is 10.2. The van der Waals surface area contributed by atoms with Gasteiger partial charge in [0.1, 0.15) is 0 Å². The highest BCUT2D eigenvalue weighted by Gasteiger charge is 1.92. The van der Waals surface area contributed by atoms with Crippen molar-refractivity contribution in [3.63, 3.8) is 0 Å². The van der Waals surface area contributed by atoms with Crippen LogP contribution in [0.5, 0.6) is 0 Å². The summed E-state index contributed by atoms with van der Waals surface area (Å²) in [6, 6.07) is 0. The van der Waals surface area contributed by atoms with Gasteiger partial charge < -0.3 is 0 Å². The molecule has 0 atom stereocenters. The van der Waals surface area contributed by atoms with Gasteiger partial charge in [-0.3, -0.25) is 0 Å². The van der Waals surface area contributed by atoms with Crippen molar-refractivity contribution in [1.82, 2.24) is 0 Å². The number of allylic oxidation sites excluding steroid dienone is 2. The van der Waals surface area contributed by atoms with Crippen molar-refractivity contribution in [3.05, 3.63) is 23.8 Å². The van der Waals surface area contributed by atoms with Crippen LogP contribution in [0.1, 0.15) is 27.2 Å². The topological polar surface area (TPSA) is 0 Å². The van der Waals surface area contributed by atoms with Crippen LogP contribution in [-0.2, 0) is 0 Å². The summed E-state index contributed by atoms with van der Waals surface area (Å²) < 4.78 is 0. The molecule has 0 bridgehead atoms. The fourth-order valence-electron chi connectivity index (χ4n) is 0.493. The Bertz CT molecular complexity index is 159. The smallest absolute Gasteiger partial charge is 0.0244 e. The summed E-state index contributed by atoms with van der Waals surface area (Å²) in [5.74, 6) is 2.34. The molecule has 0 amide bonds. The van der Waals surface area contributed by atoms with Gasteiger partial charge in [0.2, 0.25) is 0 Å². The van der Waals surface area contributed by atoms with Crippen molar-refractivity contribution in [2.45, 2.75) is 27.2 Å². The van der Waals surface area contributed by atoms with Gasteiger partial charge in [-0.05, 0) is 27.2 Å². The molecular formula is C10H18S2. The molecule has 0 unspecified atom stereocenters. The van der Waals surface area contributed by atoms with E-state index in [9.17, 15) is 0 Å². The first kappa shape index (κ1) is 12.2. The minimum Gasteiger partial charge on any atom is -0.100 e. The summed E-state index contributed by atoms with van der Waals surface area (Å²) in [6.07, 6.45) is 3.32. The van der Waals surface area contributed by atoms with E-state index in [1.807, 2.05) is 21.6 Å². The van der Waals surface area contributed by atoms with Crippen LogP contribution >= 0.6 is 21.6 Å². The van der Waals surface area contributed by atoms with E-state index in [1.165, 1.54) is 16.9 Å². The molecule has 0 aliphatic heterocycles. The molecule has 0 heterocycles. The third kappa shape index (κ3) is 8.28. The molecule has 0 aromatic rings. The lowest BCUT2D eigenvalue weighted by Crippen LogP contribution is -1.80. The van der Waals surface area contributed by atoms with Gasteiger partial charge in [-0.15, -0.1) is 6.58 Å². The van der Waals surface area contributed by atoms with Crippen LogP contribution in [-0.4, -0.2) is 11.5 Å². The molecule has 70 valence electrons. The summed E-state index contributed by atoms with van der Waals surface area (Å²) >= 11 is 0. The monoisotopic (exact) mass is 202 g/mol. The van der Waals surface area contributed by atoms with Gasteiger partial charge in [0.15, 0.2) is 0 Å². The lowest BCUT2D eigenvalue weighted by molar-refractivity contribution is 1.13. The molecule has 0 aliphatic rings. The highest BCUT2D eigenvalue weighted by Crippen LogP contribution is 2.24. The van der Waals surface area contributed by atoms with Gasteiger partial charge >= 0.3 is 0 Å². The van der Waals surface area contributed by atoms with E-state index in [-0.39, 0.29) is 0 Å². The summed E-state index contributed by atoms with van der Waals surface area (Å²) in [5.41, 5.74) is 2.74. The summed E-state index contributed by atoms with van der Waals surface area (Å²) in [4.78, 5) is 0. The number of rotatable bonds is 6. The molecule has 0 rings (SSSR count). The third-order valence-electron chi connectivity index (χ3n) is 1.47. The Labute approximate surface area is 84.3 Å². The minimum absolute atomic E-state index is 1.15. The Balaban J connectivity index is 3.16. The Kier molecular flexibility index (Phi) is 7.93. The number of hydrogen-bond donors (Lipinski definition) is 0. The van der Waals surface area contributed by atoms with Crippen LogP contribution in [0.4, 0.5) is 0 Å². The van der Waals surface area contributed by atoms with Gasteiger partial charge in [0.25, 0.3) is 0 Å². The SMILES string of the molecule is C=C(C)CCSSCC(C)=CC. The standard InChI is InChI=1S/C10H18S2/c1-5-10(4)8-12-11-7-6-9(2)3/h5H,2,6-8H2,1,3-4H3. The zero-order valence-electron chi connectivity index (χ0n) is 8.22. The van der Waals surface area contributed by atoms with E-state index in [2.05, 4.69) is 33.4 Å². The molecule has 0 nitrogen and oxygen atoms in total. The van der Waals surface area contributed by atoms with E-state index in [0.29, 0.717) is 0 Å². The maximum absolute atomic E-state index is 3.87. The zero-order chi connectivity index (χ0) is 9.40. The van der Waals surface area contributed by atoms with Crippen LogP contribution in [0.15, 0.2) is 23.8 Å². The second kappa shape index (κ2) is 7.81. The van der Waals surface area contributed by atoms with Gasteiger partial charge in [0, 0.05) is 11.5 Å². The van der Waals surface area contributed by atoms with Crippen LogP contribution < -0.4 is 0 Å². The maximum Gasteiger partial charge on any atom is 0.0244 e. The molecule has 2 heteroatoms. The van der Waals surface area contributed by atoms with E-state index >= 15 is 0 Å². The molecule has 0 radical (unpaired) electrons. The van der Waals surface area contributed by atoms with Crippen molar-refractivity contribution in [3.8, 4) is 0 Å². The fourth-order valence-corrected chi connectivity index (χ4v) is 2.89. The first-order valence-electron chi connectivity index (χ1n) is 4.17. The van der Waals surface area contributed by atoms with Crippen LogP contribution in [0.3, 0.4) is 0 Å². The summed E-state index contributed by atoms with van der Waals surface area (Å²) in [5, 5.41) is 0. The molecule has 0 fully saturated rings. The molecule has 12 heavy (non-hydrogen) atoms. The van der Waals surface area contributed by atoms with Crippen LogP contribution in [0.2, 0.25) is 0 Å². The Hall–Kier alpha value is 0.180. The van der Waals surface area contributed by atoms with Crippen molar-refractivity contribution in [2.24, 2.45) is 0 Å². The molecule has 0 spiro atoms. The zero-order valence-corrected chi connectivity index (χ0v) is 9.86. The van der Waals surface area contributed by atoms with E-state index in [1.54, 1.807) is 0 Å². The molecule has 0 aromatic heterocycles. The van der Waals surface area contributed by atoms with Gasteiger partial charge in [0.05, 0.1) is 0 Å². The predicted molar refractivity (Wildman–Crippen MR) is 63.8 cm³/mol. The van der Waals surface area contributed by atoms with Gasteiger partial charge in [-0.25, -0.2) is 0 Å². The van der Waals surface area contributed by atoms with Gasteiger partial charge in [-0.1, -0.05) is 38.8 Å². The van der Waals surface area contributed by atoms with Crippen LogP contribution in [0, 0.1) is 0 Å². The first-order chi connectivity index (χ1) is 5.66. The predicted octanol–water partition coefficient (Wildman–Crippen LogP) is 4.30. The van der Waals surface area contributed by atoms with Crippen molar-refractivity contribution >= 4 is 21.6 Å². The molecule has 0 N–H and O–H groups in total. The molecule has 0 aliphatic carbocycles. The van der Waals surface area contributed by atoms with Gasteiger partial charge in [-0.2, -0.15) is 0 Å². The van der Waals surface area contributed by atoms with Crippen molar-refractivity contribution < 1.29 is 0 Å². The average molecular weight is 202 g/mol. The quantitative estimate of drug-likeness (QED) is 0.358. The second-order valence-electron chi connectivity index (χ2n) is 2.93. The highest BCUT2D eigenvalue weighted by molar-refractivity contribution is 8.76. The van der Waals surface area contributed by atoms with Crippen molar-refractivity contribution in [1.29, 1.82) is 0 Å². The molecule has 0 saturated carbocycles. The number of hydrogen-bond acceptors (Lipinski definition) is 2. The third-order valence-corrected chi connectivity index (χ3v) is 3.94. The maximum atomic E-state index is 3.87. The Morgan fingerprint density at radius 2 is 2.00 bits per heavy atom. The molecule has 0 saturated heterocycles. The molecule has 0 aromatic carbocycles. The Morgan fingerprint density at radius 1 is 1.33 bits per heavy atom. The first-order valence-corrected chi connectivity index (χ1v) is 6.66. The molecular weight excluding hydrogens is 184 g/mol. The normalized spacial score (nSPS) is 11.8. The average Bonchev–Trinajstić information content (AvgIpc) is 2.03.